The Morgan fingerprint density at radius 1 is 1.22 bits per heavy atom. The highest BCUT2D eigenvalue weighted by Crippen LogP contribution is 2.27. The van der Waals surface area contributed by atoms with Gasteiger partial charge in [-0.1, -0.05) is 43.6 Å². The number of benzene rings is 1. The zero-order valence-electron chi connectivity index (χ0n) is 21.7. The van der Waals surface area contributed by atoms with E-state index in [1.165, 1.54) is 6.20 Å². The molecule has 37 heavy (non-hydrogen) atoms. The minimum Gasteiger partial charge on any atom is -0.464 e. The molecule has 3 rings (SSSR count). The van der Waals surface area contributed by atoms with Crippen molar-refractivity contribution in [3.8, 4) is 18.2 Å². The molecule has 1 aliphatic rings. The van der Waals surface area contributed by atoms with Crippen LogP contribution in [0.1, 0.15) is 63.7 Å². The van der Waals surface area contributed by atoms with Gasteiger partial charge in [-0.25, -0.2) is 4.98 Å². The summed E-state index contributed by atoms with van der Waals surface area (Å²) in [6.07, 6.45) is 15.6. The molecule has 0 aliphatic heterocycles. The van der Waals surface area contributed by atoms with Gasteiger partial charge >= 0.3 is 0 Å². The van der Waals surface area contributed by atoms with E-state index >= 15 is 0 Å². The zero-order chi connectivity index (χ0) is 27.2. The van der Waals surface area contributed by atoms with Gasteiger partial charge in [-0.3, -0.25) is 9.59 Å². The van der Waals surface area contributed by atoms with Crippen LogP contribution in [0.25, 0.3) is 0 Å². The van der Waals surface area contributed by atoms with Crippen LogP contribution < -0.4 is 20.7 Å². The molecule has 2 aromatic rings. The summed E-state index contributed by atoms with van der Waals surface area (Å²) in [4.78, 5) is 33.9. The summed E-state index contributed by atoms with van der Waals surface area (Å²) < 4.78 is 5.98. The second-order valence-electron chi connectivity index (χ2n) is 8.10. The van der Waals surface area contributed by atoms with Gasteiger partial charge in [-0.2, -0.15) is 4.98 Å². The third kappa shape index (κ3) is 10.5. The third-order valence-corrected chi connectivity index (χ3v) is 5.52. The maximum absolute atomic E-state index is 12.7. The Labute approximate surface area is 227 Å². The summed E-state index contributed by atoms with van der Waals surface area (Å²) in [5, 5.41) is 8.94. The number of terminal acetylenes is 1. The van der Waals surface area contributed by atoms with Gasteiger partial charge in [0.1, 0.15) is 0 Å². The van der Waals surface area contributed by atoms with Crippen molar-refractivity contribution in [2.24, 2.45) is 0 Å². The van der Waals surface area contributed by atoms with Crippen LogP contribution in [0.15, 0.2) is 52.7 Å². The lowest BCUT2D eigenvalue weighted by Gasteiger charge is -2.13. The molecule has 3 N–H and O–H groups in total. The molecule has 1 saturated carbocycles. The first kappa shape index (κ1) is 29.6. The molecule has 196 valence electrons. The lowest BCUT2D eigenvalue weighted by molar-refractivity contribution is -0.116. The number of carbonyl (C=O) groups excluding carboxylic acids is 2. The fourth-order valence-electron chi connectivity index (χ4n) is 3.03. The molecule has 1 aliphatic carbocycles. The van der Waals surface area contributed by atoms with E-state index in [1.54, 1.807) is 18.2 Å². The fourth-order valence-corrected chi connectivity index (χ4v) is 3.33. The molecule has 1 fully saturated rings. The molecule has 0 bridgehead atoms. The Morgan fingerprint density at radius 3 is 2.62 bits per heavy atom. The van der Waals surface area contributed by atoms with Crippen molar-refractivity contribution in [3.63, 3.8) is 0 Å². The van der Waals surface area contributed by atoms with Crippen molar-refractivity contribution in [1.29, 1.82) is 0 Å². The molecule has 9 heteroatoms. The molecule has 1 aromatic heterocycles. The molecule has 0 saturated heterocycles. The van der Waals surface area contributed by atoms with Crippen LogP contribution in [-0.4, -0.2) is 34.4 Å². The van der Waals surface area contributed by atoms with E-state index in [9.17, 15) is 9.59 Å². The standard InChI is InChI=1S/C26H28BrN5O3.C2H6/c1-4-6-7-17(3)8-11-23(33)29-20-13-18(24(34)30-19-9-10-19)14-21(15-20)31-26-28-16-22(27)25(32-26)35-12-5-2;1-2/h2,4,6-7,13-16,19H,8-12H2,1,3H3,(H,29,33)(H,30,34)(H,28,31,32);1-2H3/b6-4-,17-7+;. The summed E-state index contributed by atoms with van der Waals surface area (Å²) >= 11 is 3.33. The van der Waals surface area contributed by atoms with E-state index in [2.05, 4.69) is 47.8 Å². The molecule has 2 amide bonds. The topological polar surface area (TPSA) is 105 Å². The van der Waals surface area contributed by atoms with Crippen molar-refractivity contribution in [2.75, 3.05) is 17.2 Å². The van der Waals surface area contributed by atoms with Crippen LogP contribution in [0.5, 0.6) is 5.88 Å². The number of anilines is 3. The first-order valence-electron chi connectivity index (χ1n) is 12.3. The van der Waals surface area contributed by atoms with Crippen LogP contribution in [0.3, 0.4) is 0 Å². The second kappa shape index (κ2) is 15.5. The van der Waals surface area contributed by atoms with E-state index in [0.29, 0.717) is 34.3 Å². The number of halogens is 1. The third-order valence-electron chi connectivity index (χ3n) is 4.97. The number of aromatic nitrogens is 2. The molecule has 1 aromatic carbocycles. The zero-order valence-corrected chi connectivity index (χ0v) is 23.3. The Morgan fingerprint density at radius 2 is 1.95 bits per heavy atom. The minimum atomic E-state index is -0.202. The van der Waals surface area contributed by atoms with Crippen LogP contribution in [0.4, 0.5) is 17.3 Å². The number of carbonyl (C=O) groups is 2. The van der Waals surface area contributed by atoms with E-state index in [4.69, 9.17) is 11.2 Å². The molecule has 8 nitrogen and oxygen atoms in total. The van der Waals surface area contributed by atoms with Gasteiger partial charge in [-0.05, 0) is 67.2 Å². The van der Waals surface area contributed by atoms with Crippen LogP contribution in [0, 0.1) is 12.3 Å². The summed E-state index contributed by atoms with van der Waals surface area (Å²) in [5.74, 6) is 2.59. The van der Waals surface area contributed by atoms with Crippen LogP contribution in [0.2, 0.25) is 0 Å². The maximum atomic E-state index is 12.7. The summed E-state index contributed by atoms with van der Waals surface area (Å²) in [7, 11) is 0. The quantitative estimate of drug-likeness (QED) is 0.222. The van der Waals surface area contributed by atoms with Gasteiger partial charge in [0, 0.05) is 29.4 Å². The predicted molar refractivity (Wildman–Crippen MR) is 152 cm³/mol. The SMILES string of the molecule is C#CCOc1nc(Nc2cc(NC(=O)CC/C(C)=C/C=C\C)cc(C(=O)NC3CC3)c2)ncc1Br.CC. The van der Waals surface area contributed by atoms with Gasteiger partial charge in [0.25, 0.3) is 5.91 Å². The van der Waals surface area contributed by atoms with E-state index in [0.717, 1.165) is 18.4 Å². The smallest absolute Gasteiger partial charge is 0.251 e. The fraction of sp³-hybridized carbons (Fsp3) is 0.357. The summed E-state index contributed by atoms with van der Waals surface area (Å²) in [5.41, 5.74) is 2.56. The Kier molecular flexibility index (Phi) is 12.4. The summed E-state index contributed by atoms with van der Waals surface area (Å²) in [6, 6.07) is 5.27. The highest BCUT2D eigenvalue weighted by molar-refractivity contribution is 9.10. The highest BCUT2D eigenvalue weighted by Gasteiger charge is 2.24. The van der Waals surface area contributed by atoms with Crippen molar-refractivity contribution >= 4 is 45.1 Å². The van der Waals surface area contributed by atoms with Crippen molar-refractivity contribution in [1.82, 2.24) is 15.3 Å². The van der Waals surface area contributed by atoms with Crippen molar-refractivity contribution in [3.05, 3.63) is 58.2 Å². The first-order chi connectivity index (χ1) is 17.9. The van der Waals surface area contributed by atoms with Gasteiger partial charge in [0.05, 0.1) is 10.7 Å². The van der Waals surface area contributed by atoms with Crippen molar-refractivity contribution < 1.29 is 14.3 Å². The molecule has 0 unspecified atom stereocenters. The number of hydrogen-bond acceptors (Lipinski definition) is 6. The largest absolute Gasteiger partial charge is 0.464 e. The number of rotatable bonds is 11. The normalized spacial score (nSPS) is 12.7. The lowest BCUT2D eigenvalue weighted by atomic mass is 10.1. The number of amides is 2. The number of ether oxygens (including phenoxy) is 1. The number of nitrogens with one attached hydrogen (secondary N) is 3. The van der Waals surface area contributed by atoms with Crippen molar-refractivity contribution in [2.45, 2.75) is 59.4 Å². The highest BCUT2D eigenvalue weighted by atomic mass is 79.9. The molecular weight excluding hydrogens is 534 g/mol. The molecule has 0 atom stereocenters. The van der Waals surface area contributed by atoms with Gasteiger partial charge in [0.15, 0.2) is 6.61 Å². The van der Waals surface area contributed by atoms with Crippen LogP contribution >= 0.6 is 15.9 Å². The average molecular weight is 569 g/mol. The Bertz CT molecular complexity index is 1180. The summed E-state index contributed by atoms with van der Waals surface area (Å²) in [6.45, 7) is 7.99. The number of hydrogen-bond donors (Lipinski definition) is 3. The van der Waals surface area contributed by atoms with Gasteiger partial charge in [0.2, 0.25) is 17.7 Å². The molecule has 1 heterocycles. The van der Waals surface area contributed by atoms with Crippen LogP contribution in [-0.2, 0) is 4.79 Å². The number of nitrogens with zero attached hydrogens (tertiary/aromatic N) is 2. The van der Waals surface area contributed by atoms with Gasteiger partial charge in [-0.15, -0.1) is 6.42 Å². The maximum Gasteiger partial charge on any atom is 0.251 e. The second-order valence-corrected chi connectivity index (χ2v) is 8.95. The van der Waals surface area contributed by atoms with E-state index in [-0.39, 0.29) is 36.3 Å². The van der Waals surface area contributed by atoms with E-state index in [1.807, 2.05) is 45.9 Å². The van der Waals surface area contributed by atoms with Gasteiger partial charge < -0.3 is 20.7 Å². The molecular formula is C28H34BrN5O3. The predicted octanol–water partition coefficient (Wildman–Crippen LogP) is 6.15. The first-order valence-corrected chi connectivity index (χ1v) is 13.1. The Balaban J connectivity index is 0.00000235. The van der Waals surface area contributed by atoms with E-state index < -0.39 is 0 Å². The molecule has 0 spiro atoms. The monoisotopic (exact) mass is 567 g/mol. The Hall–Kier alpha value is -3.64. The minimum absolute atomic E-state index is 0.0610. The lowest BCUT2D eigenvalue weighted by Crippen LogP contribution is -2.25. The molecule has 0 radical (unpaired) electrons. The number of allylic oxidation sites excluding steroid dienone is 4. The average Bonchev–Trinajstić information content (AvgIpc) is 3.71.